The Morgan fingerprint density at radius 1 is 0.906 bits per heavy atom. The highest BCUT2D eigenvalue weighted by atomic mass is 32.2. The summed E-state index contributed by atoms with van der Waals surface area (Å²) in [5.41, 5.74) is 1.76. The van der Waals surface area contributed by atoms with E-state index in [4.69, 9.17) is 9.47 Å². The van der Waals surface area contributed by atoms with E-state index in [1.165, 1.54) is 26.4 Å². The lowest BCUT2D eigenvalue weighted by Crippen LogP contribution is -2.38. The lowest BCUT2D eigenvalue weighted by molar-refractivity contribution is -0.114. The summed E-state index contributed by atoms with van der Waals surface area (Å²) in [6, 6.07) is 20.2. The first-order chi connectivity index (χ1) is 15.4. The van der Waals surface area contributed by atoms with Gasteiger partial charge in [-0.3, -0.25) is 9.10 Å². The van der Waals surface area contributed by atoms with Crippen LogP contribution in [0.25, 0.3) is 0 Å². The number of hydrogen-bond acceptors (Lipinski definition) is 5. The molecule has 0 atom stereocenters. The van der Waals surface area contributed by atoms with Crippen LogP contribution in [0.1, 0.15) is 12.5 Å². The van der Waals surface area contributed by atoms with Crippen LogP contribution in [-0.2, 0) is 21.2 Å². The summed E-state index contributed by atoms with van der Waals surface area (Å²) in [7, 11) is -0.949. The van der Waals surface area contributed by atoms with Crippen molar-refractivity contribution in [1.29, 1.82) is 0 Å². The van der Waals surface area contributed by atoms with Crippen molar-refractivity contribution in [3.63, 3.8) is 0 Å². The van der Waals surface area contributed by atoms with E-state index in [1.54, 1.807) is 48.5 Å². The number of nitrogens with zero attached hydrogens (tertiary/aromatic N) is 1. The summed E-state index contributed by atoms with van der Waals surface area (Å²) in [5.74, 6) is 0.494. The maximum absolute atomic E-state index is 13.5. The molecule has 3 aromatic carbocycles. The molecule has 0 unspecified atom stereocenters. The first-order valence-corrected chi connectivity index (χ1v) is 11.5. The van der Waals surface area contributed by atoms with Gasteiger partial charge in [0.05, 0.1) is 24.8 Å². The first-order valence-electron chi connectivity index (χ1n) is 10.1. The lowest BCUT2D eigenvalue weighted by atomic mass is 10.1. The van der Waals surface area contributed by atoms with Crippen LogP contribution in [0.15, 0.2) is 77.7 Å². The number of anilines is 2. The molecule has 0 bridgehead atoms. The van der Waals surface area contributed by atoms with Crippen LogP contribution >= 0.6 is 0 Å². The molecule has 0 aromatic heterocycles. The third kappa shape index (κ3) is 5.03. The van der Waals surface area contributed by atoms with E-state index in [0.717, 1.165) is 9.87 Å². The van der Waals surface area contributed by atoms with E-state index < -0.39 is 15.9 Å². The largest absolute Gasteiger partial charge is 0.493 e. The van der Waals surface area contributed by atoms with Gasteiger partial charge in [-0.15, -0.1) is 0 Å². The minimum atomic E-state index is -3.97. The molecule has 8 heteroatoms. The Hall–Kier alpha value is -3.52. The molecule has 0 heterocycles. The van der Waals surface area contributed by atoms with Crippen molar-refractivity contribution in [2.45, 2.75) is 18.2 Å². The number of hydrogen-bond donors (Lipinski definition) is 1. The maximum atomic E-state index is 13.5. The molecule has 1 N–H and O–H groups in total. The number of para-hydroxylation sites is 1. The number of aryl methyl sites for hydroxylation is 1. The van der Waals surface area contributed by atoms with Gasteiger partial charge in [0.2, 0.25) is 5.91 Å². The van der Waals surface area contributed by atoms with Gasteiger partial charge < -0.3 is 14.8 Å². The second-order valence-electron chi connectivity index (χ2n) is 6.92. The minimum absolute atomic E-state index is 0.116. The fraction of sp³-hybridized carbons (Fsp3) is 0.208. The van der Waals surface area contributed by atoms with Crippen LogP contribution in [0.4, 0.5) is 11.4 Å². The zero-order chi connectivity index (χ0) is 23.1. The van der Waals surface area contributed by atoms with Gasteiger partial charge in [-0.05, 0) is 42.3 Å². The molecule has 0 aliphatic heterocycles. The molecule has 0 fully saturated rings. The van der Waals surface area contributed by atoms with Crippen molar-refractivity contribution in [2.75, 3.05) is 30.4 Å². The van der Waals surface area contributed by atoms with Crippen LogP contribution in [0.5, 0.6) is 11.5 Å². The standard InChI is InChI=1S/C24H26N2O5S/c1-4-18-10-8-9-13-21(18)26(32(28,29)20-11-6-5-7-12-20)17-24(27)25-19-14-15-22(30-2)23(16-19)31-3/h5-16H,4,17H2,1-3H3,(H,25,27). The molecule has 0 aliphatic rings. The van der Waals surface area contributed by atoms with Crippen LogP contribution in [0, 0.1) is 0 Å². The molecular formula is C24H26N2O5S. The highest BCUT2D eigenvalue weighted by Crippen LogP contribution is 2.30. The number of benzene rings is 3. The van der Waals surface area contributed by atoms with E-state index in [1.807, 2.05) is 19.1 Å². The number of amides is 1. The van der Waals surface area contributed by atoms with E-state index in [0.29, 0.717) is 29.3 Å². The van der Waals surface area contributed by atoms with Gasteiger partial charge in [0.15, 0.2) is 11.5 Å². The molecule has 168 valence electrons. The van der Waals surface area contributed by atoms with Crippen LogP contribution in [-0.4, -0.2) is 35.1 Å². The predicted molar refractivity (Wildman–Crippen MR) is 125 cm³/mol. The maximum Gasteiger partial charge on any atom is 0.264 e. The summed E-state index contributed by atoms with van der Waals surface area (Å²) in [4.78, 5) is 13.1. The molecule has 32 heavy (non-hydrogen) atoms. The Morgan fingerprint density at radius 2 is 1.56 bits per heavy atom. The molecule has 7 nitrogen and oxygen atoms in total. The summed E-state index contributed by atoms with van der Waals surface area (Å²) >= 11 is 0. The Kier molecular flexibility index (Phi) is 7.37. The molecule has 0 saturated heterocycles. The molecule has 3 aromatic rings. The second-order valence-corrected chi connectivity index (χ2v) is 8.79. The van der Waals surface area contributed by atoms with Gasteiger partial charge in [0, 0.05) is 11.8 Å². The predicted octanol–water partition coefficient (Wildman–Crippen LogP) is 4.10. The normalized spacial score (nSPS) is 11.0. The molecule has 1 amide bonds. The summed E-state index contributed by atoms with van der Waals surface area (Å²) in [6.07, 6.45) is 0.619. The number of methoxy groups -OCH3 is 2. The van der Waals surface area contributed by atoms with E-state index in [2.05, 4.69) is 5.32 Å². The number of carbonyl (C=O) groups is 1. The molecule has 0 radical (unpaired) electrons. The van der Waals surface area contributed by atoms with Crippen molar-refractivity contribution >= 4 is 27.3 Å². The van der Waals surface area contributed by atoms with Crippen LogP contribution in [0.2, 0.25) is 0 Å². The SMILES string of the molecule is CCc1ccccc1N(CC(=O)Nc1ccc(OC)c(OC)c1)S(=O)(=O)c1ccccc1. The Balaban J connectivity index is 1.95. The van der Waals surface area contributed by atoms with Gasteiger partial charge in [0.25, 0.3) is 10.0 Å². The highest BCUT2D eigenvalue weighted by Gasteiger charge is 2.28. The van der Waals surface area contributed by atoms with E-state index in [9.17, 15) is 13.2 Å². The molecule has 0 aliphatic carbocycles. The van der Waals surface area contributed by atoms with Gasteiger partial charge in [0.1, 0.15) is 6.54 Å². The lowest BCUT2D eigenvalue weighted by Gasteiger charge is -2.26. The zero-order valence-corrected chi connectivity index (χ0v) is 19.1. The summed E-state index contributed by atoms with van der Waals surface area (Å²) in [6.45, 7) is 1.55. The van der Waals surface area contributed by atoms with E-state index >= 15 is 0 Å². The van der Waals surface area contributed by atoms with Crippen molar-refractivity contribution in [2.24, 2.45) is 0 Å². The highest BCUT2D eigenvalue weighted by molar-refractivity contribution is 7.92. The second kappa shape index (κ2) is 10.2. The number of nitrogens with one attached hydrogen (secondary N) is 1. The van der Waals surface area contributed by atoms with Gasteiger partial charge in [-0.1, -0.05) is 43.3 Å². The van der Waals surface area contributed by atoms with Crippen molar-refractivity contribution in [1.82, 2.24) is 0 Å². The fourth-order valence-corrected chi connectivity index (χ4v) is 4.80. The van der Waals surface area contributed by atoms with Crippen molar-refractivity contribution in [3.05, 3.63) is 78.4 Å². The smallest absolute Gasteiger partial charge is 0.264 e. The first kappa shape index (κ1) is 23.1. The van der Waals surface area contributed by atoms with Gasteiger partial charge in [-0.2, -0.15) is 0 Å². The Labute approximate surface area is 188 Å². The quantitative estimate of drug-likeness (QED) is 0.526. The molecular weight excluding hydrogens is 428 g/mol. The third-order valence-electron chi connectivity index (χ3n) is 4.93. The molecule has 3 rings (SSSR count). The minimum Gasteiger partial charge on any atom is -0.493 e. The number of carbonyl (C=O) groups excluding carboxylic acids is 1. The average molecular weight is 455 g/mol. The number of sulfonamides is 1. The Bertz CT molecular complexity index is 1180. The van der Waals surface area contributed by atoms with Crippen molar-refractivity contribution in [3.8, 4) is 11.5 Å². The molecule has 0 spiro atoms. The zero-order valence-electron chi connectivity index (χ0n) is 18.2. The van der Waals surface area contributed by atoms with Gasteiger partial charge in [-0.25, -0.2) is 8.42 Å². The summed E-state index contributed by atoms with van der Waals surface area (Å²) in [5, 5.41) is 2.75. The van der Waals surface area contributed by atoms with Crippen LogP contribution < -0.4 is 19.1 Å². The van der Waals surface area contributed by atoms with Gasteiger partial charge >= 0.3 is 0 Å². The summed E-state index contributed by atoms with van der Waals surface area (Å²) < 4.78 is 38.6. The van der Waals surface area contributed by atoms with E-state index in [-0.39, 0.29) is 11.4 Å². The Morgan fingerprint density at radius 3 is 2.22 bits per heavy atom. The topological polar surface area (TPSA) is 84.9 Å². The van der Waals surface area contributed by atoms with Crippen LogP contribution in [0.3, 0.4) is 0 Å². The number of ether oxygens (including phenoxy) is 2. The number of rotatable bonds is 9. The molecule has 0 saturated carbocycles. The monoisotopic (exact) mass is 454 g/mol. The fourth-order valence-electron chi connectivity index (χ4n) is 3.32. The average Bonchev–Trinajstić information content (AvgIpc) is 2.82. The third-order valence-corrected chi connectivity index (χ3v) is 6.70. The van der Waals surface area contributed by atoms with Crippen molar-refractivity contribution < 1.29 is 22.7 Å².